The zero-order valence-electron chi connectivity index (χ0n) is 15.9. The van der Waals surface area contributed by atoms with Gasteiger partial charge < -0.3 is 14.8 Å². The Morgan fingerprint density at radius 3 is 2.97 bits per heavy atom. The van der Waals surface area contributed by atoms with Gasteiger partial charge in [-0.2, -0.15) is 5.10 Å². The molecule has 8 nitrogen and oxygen atoms in total. The topological polar surface area (TPSA) is 113 Å². The van der Waals surface area contributed by atoms with Crippen molar-refractivity contribution in [2.24, 2.45) is 0 Å². The Morgan fingerprint density at radius 2 is 2.10 bits per heavy atom. The molecule has 0 aliphatic heterocycles. The van der Waals surface area contributed by atoms with Crippen molar-refractivity contribution in [1.29, 1.82) is 0 Å². The van der Waals surface area contributed by atoms with Crippen LogP contribution in [0.2, 0.25) is 0 Å². The second-order valence-electron chi connectivity index (χ2n) is 7.11. The molecule has 0 fully saturated rings. The Hall–Kier alpha value is -3.36. The molecular weight excluding hydrogens is 368 g/mol. The second-order valence-corrected chi connectivity index (χ2v) is 7.11. The average molecular weight is 388 g/mol. The number of nitrogens with zero attached hydrogens (tertiary/aromatic N) is 4. The predicted octanol–water partition coefficient (Wildman–Crippen LogP) is 3.05. The number of aromatic amines is 2. The number of aromatic nitrogens is 6. The fraction of sp³-hybridized carbons (Fsp3) is 0.238. The SMILES string of the molecule is COCC1CC=Cc2nc(-c3[nH]nc4ncc(-c5cncc(CO)c5)cc34)[nH]c21. The molecule has 0 saturated carbocycles. The number of hydrogen-bond acceptors (Lipinski definition) is 6. The minimum absolute atomic E-state index is 0.0540. The molecule has 0 spiro atoms. The van der Waals surface area contributed by atoms with Gasteiger partial charge in [-0.05, 0) is 30.2 Å². The van der Waals surface area contributed by atoms with Crippen LogP contribution in [0.25, 0.3) is 39.8 Å². The molecule has 1 aliphatic rings. The van der Waals surface area contributed by atoms with Gasteiger partial charge in [0, 0.05) is 48.4 Å². The highest BCUT2D eigenvalue weighted by molar-refractivity contribution is 5.92. The highest BCUT2D eigenvalue weighted by Gasteiger charge is 2.23. The van der Waals surface area contributed by atoms with Crippen LogP contribution in [0.4, 0.5) is 0 Å². The van der Waals surface area contributed by atoms with E-state index in [0.717, 1.165) is 51.4 Å². The largest absolute Gasteiger partial charge is 0.392 e. The second kappa shape index (κ2) is 7.23. The Kier molecular flexibility index (Phi) is 4.42. The number of nitrogens with one attached hydrogen (secondary N) is 2. The van der Waals surface area contributed by atoms with Gasteiger partial charge in [-0.1, -0.05) is 6.08 Å². The summed E-state index contributed by atoms with van der Waals surface area (Å²) < 4.78 is 5.36. The molecule has 4 heterocycles. The molecule has 0 saturated heterocycles. The van der Waals surface area contributed by atoms with Crippen molar-refractivity contribution in [2.75, 3.05) is 13.7 Å². The molecule has 29 heavy (non-hydrogen) atoms. The quantitative estimate of drug-likeness (QED) is 0.484. The lowest BCUT2D eigenvalue weighted by Crippen LogP contribution is -2.09. The Morgan fingerprint density at radius 1 is 1.21 bits per heavy atom. The van der Waals surface area contributed by atoms with Gasteiger partial charge in [0.1, 0.15) is 5.69 Å². The summed E-state index contributed by atoms with van der Waals surface area (Å²) in [6, 6.07) is 3.92. The van der Waals surface area contributed by atoms with E-state index in [2.05, 4.69) is 31.2 Å². The summed E-state index contributed by atoms with van der Waals surface area (Å²) in [4.78, 5) is 16.9. The van der Waals surface area contributed by atoms with E-state index in [1.54, 1.807) is 25.7 Å². The van der Waals surface area contributed by atoms with Crippen LogP contribution in [0.5, 0.6) is 0 Å². The fourth-order valence-corrected chi connectivity index (χ4v) is 3.74. The smallest absolute Gasteiger partial charge is 0.181 e. The standard InChI is InChI=1S/C21H20N6O2/c1-29-11-13-3-2-4-17-18(13)25-21(24-17)19-16-6-15(9-23-20(16)27-26-19)14-5-12(10-28)7-22-8-14/h2,4-9,13,28H,3,10-11H2,1H3,(H,24,25)(H,23,26,27). The maximum absolute atomic E-state index is 9.38. The number of aliphatic hydroxyl groups is 1. The number of ether oxygens (including phenoxy) is 1. The molecular formula is C21H20N6O2. The van der Waals surface area contributed by atoms with Gasteiger partial charge in [-0.3, -0.25) is 10.1 Å². The number of H-pyrrole nitrogens is 2. The summed E-state index contributed by atoms with van der Waals surface area (Å²) in [5.74, 6) is 0.989. The molecule has 1 atom stereocenters. The molecule has 0 radical (unpaired) electrons. The Bertz CT molecular complexity index is 1210. The van der Waals surface area contributed by atoms with E-state index in [0.29, 0.717) is 12.3 Å². The van der Waals surface area contributed by atoms with Crippen molar-refractivity contribution >= 4 is 17.1 Å². The van der Waals surface area contributed by atoms with Gasteiger partial charge >= 0.3 is 0 Å². The van der Waals surface area contributed by atoms with Crippen LogP contribution in [0.15, 0.2) is 36.8 Å². The van der Waals surface area contributed by atoms with Crippen LogP contribution in [-0.2, 0) is 11.3 Å². The molecule has 4 aromatic heterocycles. The summed E-state index contributed by atoms with van der Waals surface area (Å²) in [6.45, 7) is 0.587. The summed E-state index contributed by atoms with van der Waals surface area (Å²) in [6.07, 6.45) is 10.3. The number of imidazole rings is 1. The van der Waals surface area contributed by atoms with Crippen LogP contribution in [0.3, 0.4) is 0 Å². The van der Waals surface area contributed by atoms with Gasteiger partial charge in [0.15, 0.2) is 11.5 Å². The van der Waals surface area contributed by atoms with Crippen molar-refractivity contribution in [3.63, 3.8) is 0 Å². The summed E-state index contributed by atoms with van der Waals surface area (Å²) in [5.41, 5.74) is 5.96. The number of hydrogen-bond donors (Lipinski definition) is 3. The fourth-order valence-electron chi connectivity index (χ4n) is 3.74. The van der Waals surface area contributed by atoms with Crippen LogP contribution >= 0.6 is 0 Å². The Labute approximate surface area is 166 Å². The Balaban J connectivity index is 1.59. The van der Waals surface area contributed by atoms with E-state index >= 15 is 0 Å². The lowest BCUT2D eigenvalue weighted by molar-refractivity contribution is 0.178. The van der Waals surface area contributed by atoms with E-state index in [4.69, 9.17) is 9.72 Å². The first kappa shape index (κ1) is 17.7. The van der Waals surface area contributed by atoms with Crippen LogP contribution in [-0.4, -0.2) is 49.0 Å². The number of aliphatic hydroxyl groups excluding tert-OH is 1. The van der Waals surface area contributed by atoms with Crippen LogP contribution in [0.1, 0.15) is 29.3 Å². The minimum atomic E-state index is -0.0540. The van der Waals surface area contributed by atoms with E-state index in [-0.39, 0.29) is 12.5 Å². The third-order valence-corrected chi connectivity index (χ3v) is 5.19. The van der Waals surface area contributed by atoms with Crippen molar-refractivity contribution < 1.29 is 9.84 Å². The third kappa shape index (κ3) is 3.12. The molecule has 0 aromatic carbocycles. The minimum Gasteiger partial charge on any atom is -0.392 e. The van der Waals surface area contributed by atoms with Crippen molar-refractivity contribution in [3.05, 3.63) is 53.8 Å². The first-order chi connectivity index (χ1) is 14.3. The maximum Gasteiger partial charge on any atom is 0.181 e. The number of rotatable bonds is 5. The van der Waals surface area contributed by atoms with E-state index < -0.39 is 0 Å². The number of methoxy groups -OCH3 is 1. The number of fused-ring (bicyclic) bond motifs is 2. The van der Waals surface area contributed by atoms with E-state index in [9.17, 15) is 5.11 Å². The lowest BCUT2D eigenvalue weighted by atomic mass is 9.96. The molecule has 0 amide bonds. The molecule has 0 bridgehead atoms. The highest BCUT2D eigenvalue weighted by atomic mass is 16.5. The summed E-state index contributed by atoms with van der Waals surface area (Å²) >= 11 is 0. The molecule has 3 N–H and O–H groups in total. The lowest BCUT2D eigenvalue weighted by Gasteiger charge is -2.16. The monoisotopic (exact) mass is 388 g/mol. The summed E-state index contributed by atoms with van der Waals surface area (Å²) in [5, 5.41) is 17.7. The van der Waals surface area contributed by atoms with Gasteiger partial charge in [0.25, 0.3) is 0 Å². The number of allylic oxidation sites excluding steroid dienone is 1. The molecule has 146 valence electrons. The first-order valence-corrected chi connectivity index (χ1v) is 9.42. The van der Waals surface area contributed by atoms with Crippen molar-refractivity contribution in [2.45, 2.75) is 18.9 Å². The maximum atomic E-state index is 9.38. The van der Waals surface area contributed by atoms with E-state index in [1.165, 1.54) is 0 Å². The van der Waals surface area contributed by atoms with E-state index in [1.807, 2.05) is 18.2 Å². The normalized spacial score (nSPS) is 15.7. The molecule has 8 heteroatoms. The van der Waals surface area contributed by atoms with Gasteiger partial charge in [0.05, 0.1) is 24.3 Å². The van der Waals surface area contributed by atoms with Gasteiger partial charge in [-0.25, -0.2) is 9.97 Å². The molecule has 5 rings (SSSR count). The van der Waals surface area contributed by atoms with Crippen LogP contribution in [0, 0.1) is 0 Å². The van der Waals surface area contributed by atoms with Crippen LogP contribution < -0.4 is 0 Å². The number of pyridine rings is 2. The first-order valence-electron chi connectivity index (χ1n) is 9.42. The third-order valence-electron chi connectivity index (χ3n) is 5.19. The summed E-state index contributed by atoms with van der Waals surface area (Å²) in [7, 11) is 1.71. The zero-order valence-corrected chi connectivity index (χ0v) is 15.9. The van der Waals surface area contributed by atoms with Crippen molar-refractivity contribution in [3.8, 4) is 22.6 Å². The molecule has 4 aromatic rings. The predicted molar refractivity (Wildman–Crippen MR) is 109 cm³/mol. The average Bonchev–Trinajstić information content (AvgIpc) is 3.38. The highest BCUT2D eigenvalue weighted by Crippen LogP contribution is 2.33. The molecule has 1 unspecified atom stereocenters. The zero-order chi connectivity index (χ0) is 19.8. The van der Waals surface area contributed by atoms with Gasteiger partial charge in [-0.15, -0.1) is 0 Å². The molecule has 1 aliphatic carbocycles. The van der Waals surface area contributed by atoms with Gasteiger partial charge in [0.2, 0.25) is 0 Å². The van der Waals surface area contributed by atoms with Crippen molar-refractivity contribution in [1.82, 2.24) is 30.1 Å².